The minimum absolute atomic E-state index is 0.146. The van der Waals surface area contributed by atoms with Crippen LogP contribution in [0, 0.1) is 12.8 Å². The molecule has 80 valence electrons. The minimum Gasteiger partial charge on any atom is -0.326 e. The Balaban J connectivity index is 2.16. The molecule has 1 fully saturated rings. The predicted molar refractivity (Wildman–Crippen MR) is 60.4 cm³/mol. The molecule has 2 rings (SSSR count). The molecule has 1 aliphatic rings. The molecule has 0 aliphatic heterocycles. The number of nitrogens with two attached hydrogens (primary N) is 1. The van der Waals surface area contributed by atoms with Crippen LogP contribution in [0.2, 0.25) is 0 Å². The van der Waals surface area contributed by atoms with Crippen LogP contribution in [0.15, 0.2) is 18.2 Å². The maximum atomic E-state index is 11.6. The maximum Gasteiger partial charge on any atom is 0.227 e. The third-order valence-corrected chi connectivity index (χ3v) is 2.87. The van der Waals surface area contributed by atoms with E-state index in [0.717, 1.165) is 29.7 Å². The lowest BCUT2D eigenvalue weighted by Crippen LogP contribution is -2.15. The molecule has 1 aromatic carbocycles. The van der Waals surface area contributed by atoms with Crippen LogP contribution in [0.3, 0.4) is 0 Å². The monoisotopic (exact) mass is 204 g/mol. The smallest absolute Gasteiger partial charge is 0.227 e. The molecule has 0 unspecified atom stereocenters. The molecular weight excluding hydrogens is 188 g/mol. The molecular formula is C12H16N2O. The lowest BCUT2D eigenvalue weighted by molar-refractivity contribution is -0.117. The van der Waals surface area contributed by atoms with Gasteiger partial charge in [-0.15, -0.1) is 0 Å². The highest BCUT2D eigenvalue weighted by Crippen LogP contribution is 2.30. The Hall–Kier alpha value is -1.35. The van der Waals surface area contributed by atoms with Gasteiger partial charge in [0, 0.05) is 18.2 Å². The topological polar surface area (TPSA) is 55.1 Å². The first-order valence-electron chi connectivity index (χ1n) is 5.32. The first kappa shape index (κ1) is 10.2. The van der Waals surface area contributed by atoms with Crippen LogP contribution in [-0.4, -0.2) is 5.91 Å². The van der Waals surface area contributed by atoms with Crippen LogP contribution in [0.5, 0.6) is 0 Å². The van der Waals surface area contributed by atoms with Crippen molar-refractivity contribution in [1.82, 2.24) is 0 Å². The van der Waals surface area contributed by atoms with Gasteiger partial charge in [0.1, 0.15) is 0 Å². The number of anilines is 1. The summed E-state index contributed by atoms with van der Waals surface area (Å²) in [4.78, 5) is 11.6. The lowest BCUT2D eigenvalue weighted by atomic mass is 10.1. The summed E-state index contributed by atoms with van der Waals surface area (Å²) in [6, 6.07) is 5.84. The van der Waals surface area contributed by atoms with Crippen LogP contribution >= 0.6 is 0 Å². The first-order chi connectivity index (χ1) is 7.22. The highest BCUT2D eigenvalue weighted by molar-refractivity contribution is 5.94. The molecule has 0 spiro atoms. The Labute approximate surface area is 89.7 Å². The average molecular weight is 204 g/mol. The van der Waals surface area contributed by atoms with Crippen molar-refractivity contribution >= 4 is 11.6 Å². The zero-order valence-electron chi connectivity index (χ0n) is 8.92. The molecule has 1 amide bonds. The molecule has 0 aromatic heterocycles. The van der Waals surface area contributed by atoms with Gasteiger partial charge < -0.3 is 11.1 Å². The molecule has 3 N–H and O–H groups in total. The van der Waals surface area contributed by atoms with Crippen LogP contribution in [-0.2, 0) is 11.3 Å². The summed E-state index contributed by atoms with van der Waals surface area (Å²) in [7, 11) is 0. The van der Waals surface area contributed by atoms with Gasteiger partial charge in [0.2, 0.25) is 5.91 Å². The van der Waals surface area contributed by atoms with Gasteiger partial charge in [-0.3, -0.25) is 4.79 Å². The molecule has 0 atom stereocenters. The van der Waals surface area contributed by atoms with Crippen LogP contribution in [0.1, 0.15) is 24.0 Å². The minimum atomic E-state index is 0.146. The zero-order valence-corrected chi connectivity index (χ0v) is 8.92. The van der Waals surface area contributed by atoms with Crippen molar-refractivity contribution in [3.63, 3.8) is 0 Å². The zero-order chi connectivity index (χ0) is 10.8. The number of carbonyl (C=O) groups excluding carboxylic acids is 1. The summed E-state index contributed by atoms with van der Waals surface area (Å²) in [6.07, 6.45) is 2.06. The van der Waals surface area contributed by atoms with E-state index in [1.165, 1.54) is 0 Å². The summed E-state index contributed by atoms with van der Waals surface area (Å²) >= 11 is 0. The van der Waals surface area contributed by atoms with Crippen molar-refractivity contribution in [3.8, 4) is 0 Å². The van der Waals surface area contributed by atoms with Gasteiger partial charge in [0.15, 0.2) is 0 Å². The van der Waals surface area contributed by atoms with Gasteiger partial charge >= 0.3 is 0 Å². The number of amides is 1. The number of hydrogen-bond donors (Lipinski definition) is 2. The van der Waals surface area contributed by atoms with Crippen molar-refractivity contribution in [2.45, 2.75) is 26.3 Å². The normalized spacial score (nSPS) is 15.1. The fourth-order valence-electron chi connectivity index (χ4n) is 1.62. The van der Waals surface area contributed by atoms with Crippen molar-refractivity contribution < 1.29 is 4.79 Å². The Bertz CT molecular complexity index is 383. The fourth-order valence-corrected chi connectivity index (χ4v) is 1.62. The highest BCUT2D eigenvalue weighted by Gasteiger charge is 2.29. The summed E-state index contributed by atoms with van der Waals surface area (Å²) in [5, 5.41) is 2.95. The van der Waals surface area contributed by atoms with E-state index in [-0.39, 0.29) is 11.8 Å². The molecule has 1 saturated carbocycles. The van der Waals surface area contributed by atoms with Gasteiger partial charge in [-0.25, -0.2) is 0 Å². The molecule has 0 bridgehead atoms. The second kappa shape index (κ2) is 4.03. The lowest BCUT2D eigenvalue weighted by Gasteiger charge is -2.10. The van der Waals surface area contributed by atoms with Gasteiger partial charge in [0.25, 0.3) is 0 Å². The third kappa shape index (κ3) is 2.18. The quantitative estimate of drug-likeness (QED) is 0.788. The molecule has 1 aliphatic carbocycles. The summed E-state index contributed by atoms with van der Waals surface area (Å²) in [5.41, 5.74) is 8.67. The van der Waals surface area contributed by atoms with Crippen LogP contribution < -0.4 is 11.1 Å². The van der Waals surface area contributed by atoms with E-state index in [1.807, 2.05) is 25.1 Å². The summed E-state index contributed by atoms with van der Waals surface area (Å²) in [6.45, 7) is 2.50. The maximum absolute atomic E-state index is 11.6. The van der Waals surface area contributed by atoms with Gasteiger partial charge in [0.05, 0.1) is 0 Å². The predicted octanol–water partition coefficient (Wildman–Crippen LogP) is 1.80. The molecule has 15 heavy (non-hydrogen) atoms. The first-order valence-corrected chi connectivity index (χ1v) is 5.32. The van der Waals surface area contributed by atoms with E-state index in [9.17, 15) is 4.79 Å². The number of carbonyl (C=O) groups is 1. The molecule has 0 radical (unpaired) electrons. The van der Waals surface area contributed by atoms with Gasteiger partial charge in [-0.1, -0.05) is 12.1 Å². The summed E-state index contributed by atoms with van der Waals surface area (Å²) < 4.78 is 0. The van der Waals surface area contributed by atoms with E-state index >= 15 is 0 Å². The Morgan fingerprint density at radius 1 is 1.53 bits per heavy atom. The van der Waals surface area contributed by atoms with E-state index < -0.39 is 0 Å². The van der Waals surface area contributed by atoms with Crippen molar-refractivity contribution in [1.29, 1.82) is 0 Å². The van der Waals surface area contributed by atoms with E-state index in [1.54, 1.807) is 0 Å². The SMILES string of the molecule is Cc1c(CN)cccc1NC(=O)C1CC1. The number of benzene rings is 1. The molecule has 1 aromatic rings. The number of nitrogens with one attached hydrogen (secondary N) is 1. The van der Waals surface area contributed by atoms with E-state index in [4.69, 9.17) is 5.73 Å². The Kier molecular flexibility index (Phi) is 2.73. The largest absolute Gasteiger partial charge is 0.326 e. The fraction of sp³-hybridized carbons (Fsp3) is 0.417. The average Bonchev–Trinajstić information content (AvgIpc) is 3.04. The molecule has 0 saturated heterocycles. The van der Waals surface area contributed by atoms with Gasteiger partial charge in [-0.2, -0.15) is 0 Å². The Morgan fingerprint density at radius 3 is 2.87 bits per heavy atom. The Morgan fingerprint density at radius 2 is 2.27 bits per heavy atom. The van der Waals surface area contributed by atoms with Gasteiger partial charge in [-0.05, 0) is 37.0 Å². The molecule has 3 nitrogen and oxygen atoms in total. The van der Waals surface area contributed by atoms with E-state index in [0.29, 0.717) is 6.54 Å². The number of hydrogen-bond acceptors (Lipinski definition) is 2. The van der Waals surface area contributed by atoms with Crippen molar-refractivity contribution in [2.75, 3.05) is 5.32 Å². The highest BCUT2D eigenvalue weighted by atomic mass is 16.2. The van der Waals surface area contributed by atoms with Crippen molar-refractivity contribution in [2.24, 2.45) is 11.7 Å². The second-order valence-electron chi connectivity index (χ2n) is 4.06. The summed E-state index contributed by atoms with van der Waals surface area (Å²) in [5.74, 6) is 0.387. The van der Waals surface area contributed by atoms with E-state index in [2.05, 4.69) is 5.32 Å². The standard InChI is InChI=1S/C12H16N2O/c1-8-10(7-13)3-2-4-11(8)14-12(15)9-5-6-9/h2-4,9H,5-7,13H2,1H3,(H,14,15). The molecule has 0 heterocycles. The van der Waals surface area contributed by atoms with Crippen molar-refractivity contribution in [3.05, 3.63) is 29.3 Å². The second-order valence-corrected chi connectivity index (χ2v) is 4.06. The number of rotatable bonds is 3. The van der Waals surface area contributed by atoms with Crippen LogP contribution in [0.25, 0.3) is 0 Å². The van der Waals surface area contributed by atoms with Crippen LogP contribution in [0.4, 0.5) is 5.69 Å². The molecule has 3 heteroatoms. The third-order valence-electron chi connectivity index (χ3n) is 2.87.